The number of hydrogen-bond acceptors (Lipinski definition) is 5. The second kappa shape index (κ2) is 8.99. The highest BCUT2D eigenvalue weighted by Gasteiger charge is 2.45. The lowest BCUT2D eigenvalue weighted by Gasteiger charge is -2.30. The van der Waals surface area contributed by atoms with E-state index in [4.69, 9.17) is 38.4 Å². The Morgan fingerprint density at radius 3 is 2.73 bits per heavy atom. The number of carbonyl (C=O) groups is 1. The van der Waals surface area contributed by atoms with Crippen molar-refractivity contribution in [3.05, 3.63) is 82.4 Å². The third-order valence-electron chi connectivity index (χ3n) is 4.73. The maximum absolute atomic E-state index is 11.2. The molecule has 2 heterocycles. The van der Waals surface area contributed by atoms with E-state index in [1.165, 1.54) is 0 Å². The fraction of sp³-hybridized carbons (Fsp3) is 0.238. The first kappa shape index (κ1) is 21.2. The molecule has 6 nitrogen and oxygen atoms in total. The van der Waals surface area contributed by atoms with E-state index in [0.717, 1.165) is 10.5 Å². The molecule has 1 aliphatic rings. The molecule has 1 fully saturated rings. The molecule has 0 aliphatic carbocycles. The van der Waals surface area contributed by atoms with Crippen LogP contribution in [0, 0.1) is 0 Å². The van der Waals surface area contributed by atoms with Gasteiger partial charge in [-0.05, 0) is 36.4 Å². The second-order valence-corrected chi connectivity index (χ2v) is 8.80. The summed E-state index contributed by atoms with van der Waals surface area (Å²) in [6.45, 7) is 0.822. The van der Waals surface area contributed by atoms with Crippen LogP contribution in [0.1, 0.15) is 15.9 Å². The molecular formula is C21H19Cl2N3O3S. The van der Waals surface area contributed by atoms with Crippen molar-refractivity contribution >= 4 is 40.9 Å². The third kappa shape index (κ3) is 4.66. The Morgan fingerprint density at radius 2 is 2.07 bits per heavy atom. The lowest BCUT2D eigenvalue weighted by atomic mass is 10.1. The van der Waals surface area contributed by atoms with Crippen LogP contribution in [0.5, 0.6) is 0 Å². The summed E-state index contributed by atoms with van der Waals surface area (Å²) < 4.78 is 14.5. The van der Waals surface area contributed by atoms with Crippen LogP contribution in [0.4, 0.5) is 0 Å². The van der Waals surface area contributed by atoms with Crippen molar-refractivity contribution < 1.29 is 14.3 Å². The Morgan fingerprint density at radius 1 is 1.27 bits per heavy atom. The molecule has 0 bridgehead atoms. The molecule has 3 aromatic rings. The Balaban J connectivity index is 1.50. The summed E-state index contributed by atoms with van der Waals surface area (Å²) in [5.74, 6) is -0.806. The molecule has 2 aromatic carbocycles. The minimum Gasteiger partial charge on any atom is -0.366 e. The first-order chi connectivity index (χ1) is 14.4. The number of aromatic nitrogens is 2. The number of hydrogen-bond donors (Lipinski definition) is 1. The smallest absolute Gasteiger partial charge is 0.248 e. The SMILES string of the molecule is NC(=O)c1ccc(SC[C@@H]2CO[C@@](Cn3ccnc3)(c3ccc(Cl)cc3Cl)O2)cc1. The molecule has 2 N–H and O–H groups in total. The first-order valence-electron chi connectivity index (χ1n) is 9.21. The largest absolute Gasteiger partial charge is 0.366 e. The minimum atomic E-state index is -1.04. The lowest BCUT2D eigenvalue weighted by Crippen LogP contribution is -2.34. The first-order valence-corrected chi connectivity index (χ1v) is 10.9. The fourth-order valence-corrected chi connectivity index (χ4v) is 4.70. The molecule has 0 spiro atoms. The van der Waals surface area contributed by atoms with Crippen molar-refractivity contribution in [3.63, 3.8) is 0 Å². The van der Waals surface area contributed by atoms with Gasteiger partial charge in [0, 0.05) is 39.2 Å². The number of carbonyl (C=O) groups excluding carboxylic acids is 1. The molecule has 2 atom stereocenters. The summed E-state index contributed by atoms with van der Waals surface area (Å²) in [7, 11) is 0. The molecule has 4 rings (SSSR count). The third-order valence-corrected chi connectivity index (χ3v) is 6.42. The number of thioether (sulfide) groups is 1. The molecule has 0 unspecified atom stereocenters. The van der Waals surface area contributed by atoms with Crippen LogP contribution in [-0.4, -0.2) is 33.9 Å². The van der Waals surface area contributed by atoms with Crippen LogP contribution in [0.2, 0.25) is 10.0 Å². The van der Waals surface area contributed by atoms with Crippen molar-refractivity contribution in [1.82, 2.24) is 9.55 Å². The van der Waals surface area contributed by atoms with E-state index in [0.29, 0.717) is 34.5 Å². The molecular weight excluding hydrogens is 445 g/mol. The molecule has 1 aromatic heterocycles. The van der Waals surface area contributed by atoms with E-state index < -0.39 is 11.7 Å². The van der Waals surface area contributed by atoms with Gasteiger partial charge >= 0.3 is 0 Å². The van der Waals surface area contributed by atoms with E-state index in [1.54, 1.807) is 48.6 Å². The number of benzene rings is 2. The summed E-state index contributed by atoms with van der Waals surface area (Å²) in [5.41, 5.74) is 6.50. The van der Waals surface area contributed by atoms with E-state index in [9.17, 15) is 4.79 Å². The van der Waals surface area contributed by atoms with Gasteiger partial charge in [-0.2, -0.15) is 0 Å². The number of ether oxygens (including phenoxy) is 2. The van der Waals surface area contributed by atoms with Gasteiger partial charge in [-0.3, -0.25) is 4.79 Å². The normalized spacial score (nSPS) is 21.1. The number of primary amides is 1. The van der Waals surface area contributed by atoms with Gasteiger partial charge in [-0.15, -0.1) is 11.8 Å². The highest BCUT2D eigenvalue weighted by atomic mass is 35.5. The summed E-state index contributed by atoms with van der Waals surface area (Å²) in [4.78, 5) is 16.3. The highest BCUT2D eigenvalue weighted by molar-refractivity contribution is 7.99. The van der Waals surface area contributed by atoms with E-state index >= 15 is 0 Å². The molecule has 1 saturated heterocycles. The number of nitrogens with zero attached hydrogens (tertiary/aromatic N) is 2. The molecule has 9 heteroatoms. The Labute approximate surface area is 188 Å². The van der Waals surface area contributed by atoms with Gasteiger partial charge in [-0.1, -0.05) is 29.3 Å². The summed E-state index contributed by atoms with van der Waals surface area (Å²) >= 11 is 14.2. The fourth-order valence-electron chi connectivity index (χ4n) is 3.28. The zero-order valence-electron chi connectivity index (χ0n) is 15.8. The minimum absolute atomic E-state index is 0.152. The molecule has 1 aliphatic heterocycles. The van der Waals surface area contributed by atoms with Crippen molar-refractivity contribution in [2.45, 2.75) is 23.3 Å². The highest BCUT2D eigenvalue weighted by Crippen LogP contribution is 2.41. The predicted octanol–water partition coefficient (Wildman–Crippen LogP) is 4.35. The van der Waals surface area contributed by atoms with Crippen LogP contribution >= 0.6 is 35.0 Å². The van der Waals surface area contributed by atoms with Crippen molar-refractivity contribution in [2.24, 2.45) is 5.73 Å². The van der Waals surface area contributed by atoms with Gasteiger partial charge in [0.1, 0.15) is 0 Å². The lowest BCUT2D eigenvalue weighted by molar-refractivity contribution is -0.184. The molecule has 0 saturated carbocycles. The van der Waals surface area contributed by atoms with Crippen LogP contribution in [0.15, 0.2) is 66.1 Å². The number of imidazole rings is 1. The predicted molar refractivity (Wildman–Crippen MR) is 117 cm³/mol. The maximum Gasteiger partial charge on any atom is 0.248 e. The average molecular weight is 464 g/mol. The zero-order valence-corrected chi connectivity index (χ0v) is 18.2. The zero-order chi connectivity index (χ0) is 21.1. The topological polar surface area (TPSA) is 79.4 Å². The molecule has 0 radical (unpaired) electrons. The second-order valence-electron chi connectivity index (χ2n) is 6.86. The van der Waals surface area contributed by atoms with Gasteiger partial charge in [0.2, 0.25) is 11.7 Å². The molecule has 156 valence electrons. The number of nitrogens with two attached hydrogens (primary N) is 1. The quantitative estimate of drug-likeness (QED) is 0.526. The van der Waals surface area contributed by atoms with Crippen LogP contribution in [0.3, 0.4) is 0 Å². The van der Waals surface area contributed by atoms with Crippen molar-refractivity contribution in [2.75, 3.05) is 12.4 Å². The summed E-state index contributed by atoms with van der Waals surface area (Å²) in [6.07, 6.45) is 5.11. The average Bonchev–Trinajstić information content (AvgIpc) is 3.37. The van der Waals surface area contributed by atoms with E-state index in [1.807, 2.05) is 29.0 Å². The van der Waals surface area contributed by atoms with Gasteiger partial charge in [0.05, 0.1) is 30.6 Å². The van der Waals surface area contributed by atoms with Crippen molar-refractivity contribution in [3.8, 4) is 0 Å². The van der Waals surface area contributed by atoms with Gasteiger partial charge in [0.25, 0.3) is 0 Å². The Hall–Kier alpha value is -2.03. The summed E-state index contributed by atoms with van der Waals surface area (Å²) in [6, 6.07) is 12.5. The standard InChI is InChI=1S/C21H19Cl2N3O3S/c22-15-3-6-18(19(23)9-15)21(12-26-8-7-25-13-26)28-10-16(29-21)11-30-17-4-1-14(2-5-17)20(24)27/h1-9,13,16H,10-12H2,(H2,24,27)/t16-,21+/m0/s1. The van der Waals surface area contributed by atoms with Crippen LogP contribution in [-0.2, 0) is 21.8 Å². The number of halogens is 2. The number of amides is 1. The van der Waals surface area contributed by atoms with E-state index in [2.05, 4.69) is 4.98 Å². The van der Waals surface area contributed by atoms with Gasteiger partial charge in [-0.25, -0.2) is 4.98 Å². The van der Waals surface area contributed by atoms with Crippen molar-refractivity contribution in [1.29, 1.82) is 0 Å². The molecule has 30 heavy (non-hydrogen) atoms. The summed E-state index contributed by atoms with van der Waals surface area (Å²) in [5, 5.41) is 1.03. The van der Waals surface area contributed by atoms with Crippen LogP contribution in [0.25, 0.3) is 0 Å². The van der Waals surface area contributed by atoms with Gasteiger partial charge in [0.15, 0.2) is 0 Å². The number of rotatable bonds is 7. The Bertz CT molecular complexity index is 1030. The van der Waals surface area contributed by atoms with E-state index in [-0.39, 0.29) is 6.10 Å². The van der Waals surface area contributed by atoms with Gasteiger partial charge < -0.3 is 19.8 Å². The van der Waals surface area contributed by atoms with Crippen LogP contribution < -0.4 is 5.73 Å². The molecule has 1 amide bonds. The maximum atomic E-state index is 11.2. The monoisotopic (exact) mass is 463 g/mol. The Kier molecular flexibility index (Phi) is 6.36.